The van der Waals surface area contributed by atoms with Crippen LogP contribution in [0.5, 0.6) is 0 Å². The Hall–Kier alpha value is -0.610. The SMILES string of the molecule is COCC(C)CNC(=O)CNC(C)C. The summed E-state index contributed by atoms with van der Waals surface area (Å²) < 4.78 is 4.97. The third kappa shape index (κ3) is 8.01. The Balaban J connectivity index is 3.43. The van der Waals surface area contributed by atoms with Gasteiger partial charge in [0.15, 0.2) is 0 Å². The minimum Gasteiger partial charge on any atom is -0.384 e. The molecule has 0 aliphatic heterocycles. The first-order valence-electron chi connectivity index (χ1n) is 5.05. The molecule has 0 spiro atoms. The van der Waals surface area contributed by atoms with Crippen molar-refractivity contribution in [3.63, 3.8) is 0 Å². The maximum Gasteiger partial charge on any atom is 0.233 e. The van der Waals surface area contributed by atoms with Crippen LogP contribution in [0.25, 0.3) is 0 Å². The summed E-state index contributed by atoms with van der Waals surface area (Å²) in [4.78, 5) is 11.2. The fourth-order valence-corrected chi connectivity index (χ4v) is 0.991. The Morgan fingerprint density at radius 2 is 2.00 bits per heavy atom. The molecule has 0 aromatic heterocycles. The van der Waals surface area contributed by atoms with Crippen molar-refractivity contribution in [1.82, 2.24) is 10.6 Å². The number of carbonyl (C=O) groups excluding carboxylic acids is 1. The van der Waals surface area contributed by atoms with Crippen LogP contribution in [0.4, 0.5) is 0 Å². The van der Waals surface area contributed by atoms with Crippen LogP contribution in [0.2, 0.25) is 0 Å². The van der Waals surface area contributed by atoms with E-state index in [1.165, 1.54) is 0 Å². The van der Waals surface area contributed by atoms with Crippen LogP contribution in [-0.4, -0.2) is 38.8 Å². The Morgan fingerprint density at radius 1 is 1.36 bits per heavy atom. The van der Waals surface area contributed by atoms with Gasteiger partial charge in [0.2, 0.25) is 5.91 Å². The second-order valence-corrected chi connectivity index (χ2v) is 3.90. The van der Waals surface area contributed by atoms with Gasteiger partial charge < -0.3 is 15.4 Å². The van der Waals surface area contributed by atoms with Crippen LogP contribution < -0.4 is 10.6 Å². The number of ether oxygens (including phenoxy) is 1. The van der Waals surface area contributed by atoms with Gasteiger partial charge in [0.05, 0.1) is 13.2 Å². The summed E-state index contributed by atoms with van der Waals surface area (Å²) in [5.74, 6) is 0.407. The van der Waals surface area contributed by atoms with E-state index in [9.17, 15) is 4.79 Å². The average Bonchev–Trinajstić information content (AvgIpc) is 2.12. The fraction of sp³-hybridized carbons (Fsp3) is 0.900. The summed E-state index contributed by atoms with van der Waals surface area (Å²) in [7, 11) is 1.67. The normalized spacial score (nSPS) is 12.9. The molecular formula is C10H22N2O2. The molecule has 1 unspecified atom stereocenters. The predicted molar refractivity (Wildman–Crippen MR) is 57.2 cm³/mol. The van der Waals surface area contributed by atoms with Gasteiger partial charge in [-0.05, 0) is 5.92 Å². The molecule has 1 amide bonds. The highest BCUT2D eigenvalue weighted by Gasteiger charge is 2.05. The average molecular weight is 202 g/mol. The van der Waals surface area contributed by atoms with Crippen molar-refractivity contribution in [2.45, 2.75) is 26.8 Å². The first-order chi connectivity index (χ1) is 6.56. The fourth-order valence-electron chi connectivity index (χ4n) is 0.991. The predicted octanol–water partition coefficient (Wildman–Crippen LogP) is 0.383. The molecule has 1 atom stereocenters. The smallest absolute Gasteiger partial charge is 0.233 e. The molecule has 0 radical (unpaired) electrons. The molecule has 0 aliphatic rings. The van der Waals surface area contributed by atoms with Crippen molar-refractivity contribution in [3.05, 3.63) is 0 Å². The largest absolute Gasteiger partial charge is 0.384 e. The molecule has 0 rings (SSSR count). The molecule has 0 bridgehead atoms. The zero-order valence-electron chi connectivity index (χ0n) is 9.59. The van der Waals surface area contributed by atoms with Crippen molar-refractivity contribution in [1.29, 1.82) is 0 Å². The van der Waals surface area contributed by atoms with E-state index < -0.39 is 0 Å². The highest BCUT2D eigenvalue weighted by atomic mass is 16.5. The first-order valence-corrected chi connectivity index (χ1v) is 5.05. The number of amides is 1. The minimum atomic E-state index is 0.0432. The van der Waals surface area contributed by atoms with Crippen molar-refractivity contribution in [3.8, 4) is 0 Å². The molecule has 4 nitrogen and oxygen atoms in total. The highest BCUT2D eigenvalue weighted by molar-refractivity contribution is 5.77. The molecule has 14 heavy (non-hydrogen) atoms. The number of methoxy groups -OCH3 is 1. The summed E-state index contributed by atoms with van der Waals surface area (Å²) in [6, 6.07) is 0.345. The van der Waals surface area contributed by atoms with Gasteiger partial charge in [0, 0.05) is 19.7 Å². The van der Waals surface area contributed by atoms with E-state index >= 15 is 0 Å². The van der Waals surface area contributed by atoms with Crippen molar-refractivity contribution < 1.29 is 9.53 Å². The van der Waals surface area contributed by atoms with Crippen LogP contribution in [0, 0.1) is 5.92 Å². The zero-order chi connectivity index (χ0) is 11.0. The van der Waals surface area contributed by atoms with E-state index in [0.29, 0.717) is 31.7 Å². The molecule has 0 aromatic rings. The molecule has 0 aliphatic carbocycles. The van der Waals surface area contributed by atoms with E-state index in [-0.39, 0.29) is 5.91 Å². The third-order valence-corrected chi connectivity index (χ3v) is 1.77. The lowest BCUT2D eigenvalue weighted by Crippen LogP contribution is -2.39. The van der Waals surface area contributed by atoms with Gasteiger partial charge in [-0.1, -0.05) is 20.8 Å². The molecule has 0 fully saturated rings. The van der Waals surface area contributed by atoms with Gasteiger partial charge in [0.1, 0.15) is 0 Å². The second-order valence-electron chi connectivity index (χ2n) is 3.90. The minimum absolute atomic E-state index is 0.0432. The number of carbonyl (C=O) groups is 1. The molecule has 0 heterocycles. The molecule has 0 saturated carbocycles. The molecule has 4 heteroatoms. The number of nitrogens with one attached hydrogen (secondary N) is 2. The Labute approximate surface area is 86.4 Å². The van der Waals surface area contributed by atoms with Crippen LogP contribution in [0.15, 0.2) is 0 Å². The summed E-state index contributed by atoms with van der Waals surface area (Å²) in [6.07, 6.45) is 0. The van der Waals surface area contributed by atoms with Crippen LogP contribution in [0.3, 0.4) is 0 Å². The topological polar surface area (TPSA) is 50.4 Å². The molecule has 84 valence electrons. The lowest BCUT2D eigenvalue weighted by Gasteiger charge is -2.12. The third-order valence-electron chi connectivity index (χ3n) is 1.77. The lowest BCUT2D eigenvalue weighted by atomic mass is 10.2. The van der Waals surface area contributed by atoms with Gasteiger partial charge >= 0.3 is 0 Å². The van der Waals surface area contributed by atoms with E-state index in [0.717, 1.165) is 0 Å². The standard InChI is InChI=1S/C10H22N2O2/c1-8(2)11-6-10(13)12-5-9(3)7-14-4/h8-9,11H,5-7H2,1-4H3,(H,12,13). The van der Waals surface area contributed by atoms with Gasteiger partial charge in [-0.15, -0.1) is 0 Å². The quantitative estimate of drug-likeness (QED) is 0.627. The lowest BCUT2D eigenvalue weighted by molar-refractivity contribution is -0.120. The highest BCUT2D eigenvalue weighted by Crippen LogP contribution is 1.91. The maximum atomic E-state index is 11.2. The van der Waals surface area contributed by atoms with Crippen LogP contribution in [0.1, 0.15) is 20.8 Å². The maximum absolute atomic E-state index is 11.2. The van der Waals surface area contributed by atoms with Gasteiger partial charge in [-0.25, -0.2) is 0 Å². The number of rotatable bonds is 7. The van der Waals surface area contributed by atoms with Crippen molar-refractivity contribution >= 4 is 5.91 Å². The van der Waals surface area contributed by atoms with Crippen LogP contribution >= 0.6 is 0 Å². The van der Waals surface area contributed by atoms with E-state index in [1.54, 1.807) is 7.11 Å². The Morgan fingerprint density at radius 3 is 2.50 bits per heavy atom. The molecular weight excluding hydrogens is 180 g/mol. The number of hydrogen-bond acceptors (Lipinski definition) is 3. The first kappa shape index (κ1) is 13.4. The van der Waals surface area contributed by atoms with Crippen LogP contribution in [-0.2, 0) is 9.53 Å². The summed E-state index contributed by atoms with van der Waals surface area (Å²) in [5.41, 5.74) is 0. The van der Waals surface area contributed by atoms with Gasteiger partial charge in [-0.3, -0.25) is 4.79 Å². The Bertz CT molecular complexity index is 160. The Kier molecular flexibility index (Phi) is 7.42. The summed E-state index contributed by atoms with van der Waals surface area (Å²) in [5, 5.41) is 5.90. The molecule has 0 aromatic carbocycles. The number of hydrogen-bond donors (Lipinski definition) is 2. The molecule has 0 saturated heterocycles. The second kappa shape index (κ2) is 7.76. The molecule has 2 N–H and O–H groups in total. The monoisotopic (exact) mass is 202 g/mol. The van der Waals surface area contributed by atoms with Gasteiger partial charge in [0.25, 0.3) is 0 Å². The van der Waals surface area contributed by atoms with Crippen molar-refractivity contribution in [2.24, 2.45) is 5.92 Å². The summed E-state index contributed by atoms with van der Waals surface area (Å²) >= 11 is 0. The van der Waals surface area contributed by atoms with E-state index in [1.807, 2.05) is 20.8 Å². The van der Waals surface area contributed by atoms with E-state index in [2.05, 4.69) is 10.6 Å². The summed E-state index contributed by atoms with van der Waals surface area (Å²) in [6.45, 7) is 7.81. The van der Waals surface area contributed by atoms with Crippen molar-refractivity contribution in [2.75, 3.05) is 26.8 Å². The zero-order valence-corrected chi connectivity index (χ0v) is 9.59. The van der Waals surface area contributed by atoms with Gasteiger partial charge in [-0.2, -0.15) is 0 Å². The van der Waals surface area contributed by atoms with E-state index in [4.69, 9.17) is 4.74 Å².